The Labute approximate surface area is 170 Å². The van der Waals surface area contributed by atoms with Gasteiger partial charge < -0.3 is 14.1 Å². The molecule has 1 aromatic carbocycles. The van der Waals surface area contributed by atoms with E-state index in [2.05, 4.69) is 9.97 Å². The van der Waals surface area contributed by atoms with Crippen LogP contribution >= 0.6 is 11.6 Å². The van der Waals surface area contributed by atoms with Crippen LogP contribution in [0.2, 0.25) is 5.02 Å². The van der Waals surface area contributed by atoms with E-state index in [-0.39, 0.29) is 17.1 Å². The van der Waals surface area contributed by atoms with Crippen molar-refractivity contribution in [3.63, 3.8) is 0 Å². The van der Waals surface area contributed by atoms with Gasteiger partial charge in [0.15, 0.2) is 11.3 Å². The van der Waals surface area contributed by atoms with Gasteiger partial charge in [0.25, 0.3) is 5.56 Å². The first-order chi connectivity index (χ1) is 14.0. The third kappa shape index (κ3) is 3.30. The van der Waals surface area contributed by atoms with E-state index in [1.54, 1.807) is 30.6 Å². The Morgan fingerprint density at radius 3 is 2.72 bits per heavy atom. The highest BCUT2D eigenvalue weighted by atomic mass is 35.5. The van der Waals surface area contributed by atoms with Crippen LogP contribution in [0.3, 0.4) is 0 Å². The molecule has 4 aromatic rings. The van der Waals surface area contributed by atoms with Gasteiger partial charge in [-0.15, -0.1) is 0 Å². The summed E-state index contributed by atoms with van der Waals surface area (Å²) in [6, 6.07) is 8.55. The molecule has 0 radical (unpaired) electrons. The Morgan fingerprint density at radius 1 is 1.21 bits per heavy atom. The molecular weight excluding hydrogens is 392 g/mol. The number of hydrogen-bond donors (Lipinski definition) is 1. The Balaban J connectivity index is 1.94. The van der Waals surface area contributed by atoms with Crippen LogP contribution < -0.4 is 11.0 Å². The molecule has 146 valence electrons. The first-order valence-corrected chi connectivity index (χ1v) is 9.40. The molecule has 3 heterocycles. The maximum Gasteiger partial charge on any atom is 0.279 e. The van der Waals surface area contributed by atoms with Gasteiger partial charge in [-0.25, -0.2) is 9.97 Å². The maximum atomic E-state index is 13.2. The van der Waals surface area contributed by atoms with Gasteiger partial charge in [0.2, 0.25) is 5.43 Å². The lowest BCUT2D eigenvalue weighted by Crippen LogP contribution is -2.28. The largest absolute Gasteiger partial charge is 0.503 e. The lowest BCUT2D eigenvalue weighted by molar-refractivity contribution is 0.470. The molecule has 29 heavy (non-hydrogen) atoms. The molecule has 0 aliphatic rings. The van der Waals surface area contributed by atoms with Crippen LogP contribution in [-0.2, 0) is 0 Å². The highest BCUT2D eigenvalue weighted by molar-refractivity contribution is 6.30. The normalized spacial score (nSPS) is 12.2. The van der Waals surface area contributed by atoms with Gasteiger partial charge in [-0.2, -0.15) is 0 Å². The van der Waals surface area contributed by atoms with E-state index in [9.17, 15) is 14.7 Å². The summed E-state index contributed by atoms with van der Waals surface area (Å²) in [6.45, 7) is 1.95. The summed E-state index contributed by atoms with van der Waals surface area (Å²) in [6.07, 6.45) is 8.20. The second-order valence-electron chi connectivity index (χ2n) is 6.56. The van der Waals surface area contributed by atoms with Crippen molar-refractivity contribution < 1.29 is 5.11 Å². The van der Waals surface area contributed by atoms with E-state index < -0.39 is 16.7 Å². The molecule has 0 aliphatic heterocycles. The van der Waals surface area contributed by atoms with Crippen molar-refractivity contribution in [3.8, 4) is 17.0 Å². The monoisotopic (exact) mass is 408 g/mol. The van der Waals surface area contributed by atoms with Crippen molar-refractivity contribution in [2.75, 3.05) is 0 Å². The Hall–Kier alpha value is -3.45. The number of aromatic hydroxyl groups is 1. The van der Waals surface area contributed by atoms with Crippen molar-refractivity contribution in [3.05, 3.63) is 92.6 Å². The third-order valence-electron chi connectivity index (χ3n) is 4.85. The lowest BCUT2D eigenvalue weighted by Gasteiger charge is -2.20. The molecule has 7 nitrogen and oxygen atoms in total. The predicted molar refractivity (Wildman–Crippen MR) is 110 cm³/mol. The lowest BCUT2D eigenvalue weighted by atomic mass is 10.0. The molecule has 1 N–H and O–H groups in total. The van der Waals surface area contributed by atoms with Gasteiger partial charge in [0, 0.05) is 29.8 Å². The molecule has 1 unspecified atom stereocenters. The summed E-state index contributed by atoms with van der Waals surface area (Å²) < 4.78 is 2.95. The topological polar surface area (TPSA) is 89.5 Å². The number of benzene rings is 1. The summed E-state index contributed by atoms with van der Waals surface area (Å²) in [5, 5.41) is 11.1. The number of halogens is 1. The molecule has 1 atom stereocenters. The zero-order valence-electron chi connectivity index (χ0n) is 15.5. The zero-order chi connectivity index (χ0) is 20.5. The summed E-state index contributed by atoms with van der Waals surface area (Å²) in [7, 11) is 0. The molecule has 4 rings (SSSR count). The van der Waals surface area contributed by atoms with Crippen LogP contribution in [0.4, 0.5) is 0 Å². The van der Waals surface area contributed by atoms with Crippen LogP contribution in [0.15, 0.2) is 71.0 Å². The number of rotatable bonds is 4. The Kier molecular flexibility index (Phi) is 4.90. The number of pyridine rings is 1. The minimum atomic E-state index is -0.658. The van der Waals surface area contributed by atoms with Crippen molar-refractivity contribution in [1.82, 2.24) is 18.9 Å². The van der Waals surface area contributed by atoms with Crippen molar-refractivity contribution in [2.24, 2.45) is 0 Å². The molecule has 0 spiro atoms. The fourth-order valence-corrected chi connectivity index (χ4v) is 3.67. The molecule has 0 aliphatic carbocycles. The van der Waals surface area contributed by atoms with Gasteiger partial charge in [-0.3, -0.25) is 9.59 Å². The van der Waals surface area contributed by atoms with Crippen molar-refractivity contribution in [1.29, 1.82) is 0 Å². The SMILES string of the molecule is CCC(c1cccc(Cl)c1)n1ccn2cc(-c3ccncn3)c(=O)c(O)c2c1=O. The van der Waals surface area contributed by atoms with Crippen LogP contribution in [-0.4, -0.2) is 24.0 Å². The van der Waals surface area contributed by atoms with E-state index in [1.807, 2.05) is 19.1 Å². The fourth-order valence-electron chi connectivity index (χ4n) is 3.47. The first-order valence-electron chi connectivity index (χ1n) is 9.02. The summed E-state index contributed by atoms with van der Waals surface area (Å²) in [4.78, 5) is 33.8. The van der Waals surface area contributed by atoms with Gasteiger partial charge in [-0.1, -0.05) is 30.7 Å². The highest BCUT2D eigenvalue weighted by Crippen LogP contribution is 2.24. The summed E-state index contributed by atoms with van der Waals surface area (Å²) in [5.41, 5.74) is 0.199. The quantitative estimate of drug-likeness (QED) is 0.559. The van der Waals surface area contributed by atoms with E-state index in [0.717, 1.165) is 5.56 Å². The Morgan fingerprint density at radius 2 is 2.03 bits per heavy atom. The zero-order valence-corrected chi connectivity index (χ0v) is 16.2. The Bertz CT molecular complexity index is 1320. The smallest absolute Gasteiger partial charge is 0.279 e. The molecule has 8 heteroatoms. The second kappa shape index (κ2) is 7.52. The molecule has 3 aromatic heterocycles. The van der Waals surface area contributed by atoms with Gasteiger partial charge in [0.05, 0.1) is 17.3 Å². The molecule has 0 fully saturated rings. The van der Waals surface area contributed by atoms with E-state index in [0.29, 0.717) is 17.1 Å². The highest BCUT2D eigenvalue weighted by Gasteiger charge is 2.19. The number of nitrogens with zero attached hydrogens (tertiary/aromatic N) is 4. The maximum absolute atomic E-state index is 13.2. The average molecular weight is 409 g/mol. The van der Waals surface area contributed by atoms with E-state index in [4.69, 9.17) is 11.6 Å². The summed E-state index contributed by atoms with van der Waals surface area (Å²) >= 11 is 6.11. The standard InChI is InChI=1S/C21H17ClN4O3/c1-2-17(13-4-3-5-14(22)10-13)26-9-8-25-11-15(16-6-7-23-12-24-16)19(27)20(28)18(25)21(26)29/h3-12,17,28H,2H2,1H3. The summed E-state index contributed by atoms with van der Waals surface area (Å²) in [5.74, 6) is -0.610. The van der Waals surface area contributed by atoms with Gasteiger partial charge in [-0.05, 0) is 30.2 Å². The fraction of sp³-hybridized carbons (Fsp3) is 0.143. The molecule has 0 bridgehead atoms. The predicted octanol–water partition coefficient (Wildman–Crippen LogP) is 3.28. The van der Waals surface area contributed by atoms with E-state index >= 15 is 0 Å². The third-order valence-corrected chi connectivity index (χ3v) is 5.08. The van der Waals surface area contributed by atoms with Crippen LogP contribution in [0.25, 0.3) is 16.8 Å². The second-order valence-corrected chi connectivity index (χ2v) is 7.00. The molecular formula is C21H17ClN4O3. The number of hydrogen-bond acceptors (Lipinski definition) is 5. The minimum absolute atomic E-state index is 0.0872. The number of fused-ring (bicyclic) bond motifs is 1. The average Bonchev–Trinajstić information content (AvgIpc) is 2.73. The van der Waals surface area contributed by atoms with Crippen molar-refractivity contribution in [2.45, 2.75) is 19.4 Å². The molecule has 0 saturated carbocycles. The van der Waals surface area contributed by atoms with Crippen LogP contribution in [0.1, 0.15) is 24.9 Å². The molecule has 0 saturated heterocycles. The van der Waals surface area contributed by atoms with Gasteiger partial charge in [0.1, 0.15) is 6.33 Å². The molecule has 0 amide bonds. The van der Waals surface area contributed by atoms with Crippen molar-refractivity contribution >= 4 is 17.1 Å². The number of aromatic nitrogens is 4. The van der Waals surface area contributed by atoms with Crippen LogP contribution in [0.5, 0.6) is 5.75 Å². The van der Waals surface area contributed by atoms with E-state index in [1.165, 1.54) is 27.7 Å². The first kappa shape index (κ1) is 18.9. The minimum Gasteiger partial charge on any atom is -0.503 e. The van der Waals surface area contributed by atoms with Crippen LogP contribution in [0, 0.1) is 0 Å². The van der Waals surface area contributed by atoms with Gasteiger partial charge >= 0.3 is 0 Å².